The zero-order valence-corrected chi connectivity index (χ0v) is 19.0. The van der Waals surface area contributed by atoms with Crippen LogP contribution in [-0.4, -0.2) is 37.2 Å². The molecule has 4 aromatic rings. The number of nitrogens with zero attached hydrogens (tertiary/aromatic N) is 2. The van der Waals surface area contributed by atoms with Crippen LogP contribution in [0.4, 0.5) is 5.13 Å². The first-order chi connectivity index (χ1) is 14.9. The third-order valence-corrected chi connectivity index (χ3v) is 7.96. The van der Waals surface area contributed by atoms with E-state index in [-0.39, 0.29) is 10.8 Å². The Hall–Kier alpha value is -2.81. The second-order valence-electron chi connectivity index (χ2n) is 7.31. The van der Waals surface area contributed by atoms with E-state index in [2.05, 4.69) is 10.3 Å². The largest absolute Gasteiger partial charge is 0.298 e. The highest BCUT2D eigenvalue weighted by molar-refractivity contribution is 7.89. The van der Waals surface area contributed by atoms with Crippen molar-refractivity contribution >= 4 is 53.4 Å². The van der Waals surface area contributed by atoms with Gasteiger partial charge in [0.1, 0.15) is 0 Å². The average molecular weight is 454 g/mol. The van der Waals surface area contributed by atoms with Crippen LogP contribution in [0.5, 0.6) is 0 Å². The van der Waals surface area contributed by atoms with E-state index in [0.29, 0.717) is 17.2 Å². The standard InChI is InChI=1S/C23H23N3O3S2/c1-3-4-15-26(2)31(28,29)18-12-9-17(10-13-18)22(27)25-23-24-21-19-8-6-5-7-16(19)11-14-20(21)30-23/h5-14H,3-4,15H2,1-2H3,(H,24,25,27). The van der Waals surface area contributed by atoms with Crippen molar-refractivity contribution < 1.29 is 13.2 Å². The molecule has 0 unspecified atom stereocenters. The number of unbranched alkanes of at least 4 members (excludes halogenated alkanes) is 1. The number of rotatable bonds is 7. The van der Waals surface area contributed by atoms with Gasteiger partial charge in [-0.15, -0.1) is 0 Å². The lowest BCUT2D eigenvalue weighted by Crippen LogP contribution is -2.28. The molecular weight excluding hydrogens is 430 g/mol. The fourth-order valence-corrected chi connectivity index (χ4v) is 5.43. The van der Waals surface area contributed by atoms with Crippen LogP contribution in [0.25, 0.3) is 21.0 Å². The number of amides is 1. The number of fused-ring (bicyclic) bond motifs is 3. The summed E-state index contributed by atoms with van der Waals surface area (Å²) in [6.45, 7) is 2.48. The van der Waals surface area contributed by atoms with Crippen molar-refractivity contribution in [1.29, 1.82) is 0 Å². The Morgan fingerprint density at radius 2 is 1.81 bits per heavy atom. The van der Waals surface area contributed by atoms with E-state index in [1.807, 2.05) is 43.3 Å². The van der Waals surface area contributed by atoms with Gasteiger partial charge in [0.05, 0.1) is 15.1 Å². The number of carbonyl (C=O) groups is 1. The molecule has 8 heteroatoms. The quantitative estimate of drug-likeness (QED) is 0.421. The van der Waals surface area contributed by atoms with Crippen molar-refractivity contribution in [3.63, 3.8) is 0 Å². The van der Waals surface area contributed by atoms with Gasteiger partial charge in [0.2, 0.25) is 10.0 Å². The summed E-state index contributed by atoms with van der Waals surface area (Å²) >= 11 is 1.41. The zero-order chi connectivity index (χ0) is 22.0. The van der Waals surface area contributed by atoms with Gasteiger partial charge in [-0.2, -0.15) is 0 Å². The van der Waals surface area contributed by atoms with Crippen LogP contribution in [0, 0.1) is 0 Å². The van der Waals surface area contributed by atoms with Crippen molar-refractivity contribution in [2.24, 2.45) is 0 Å². The maximum Gasteiger partial charge on any atom is 0.257 e. The van der Waals surface area contributed by atoms with Crippen LogP contribution in [0.2, 0.25) is 0 Å². The maximum absolute atomic E-state index is 12.7. The Bertz CT molecular complexity index is 1350. The zero-order valence-electron chi connectivity index (χ0n) is 17.3. The lowest BCUT2D eigenvalue weighted by molar-refractivity contribution is 0.102. The minimum absolute atomic E-state index is 0.175. The summed E-state index contributed by atoms with van der Waals surface area (Å²) < 4.78 is 27.6. The lowest BCUT2D eigenvalue weighted by atomic mass is 10.1. The van der Waals surface area contributed by atoms with E-state index in [1.165, 1.54) is 39.9 Å². The van der Waals surface area contributed by atoms with Crippen LogP contribution in [0.15, 0.2) is 65.6 Å². The number of benzene rings is 3. The predicted molar refractivity (Wildman–Crippen MR) is 126 cm³/mol. The van der Waals surface area contributed by atoms with Crippen LogP contribution in [-0.2, 0) is 10.0 Å². The number of anilines is 1. The SMILES string of the molecule is CCCCN(C)S(=O)(=O)c1ccc(C(=O)Nc2nc3c(ccc4ccccc43)s2)cc1. The van der Waals surface area contributed by atoms with Gasteiger partial charge in [0, 0.05) is 24.5 Å². The molecule has 31 heavy (non-hydrogen) atoms. The number of sulfonamides is 1. The number of hydrogen-bond acceptors (Lipinski definition) is 5. The van der Waals surface area contributed by atoms with E-state index in [9.17, 15) is 13.2 Å². The molecule has 4 rings (SSSR count). The van der Waals surface area contributed by atoms with Crippen molar-refractivity contribution in [2.45, 2.75) is 24.7 Å². The van der Waals surface area contributed by atoms with Gasteiger partial charge in [-0.1, -0.05) is 55.0 Å². The molecule has 1 amide bonds. The molecule has 0 aliphatic heterocycles. The van der Waals surface area contributed by atoms with E-state index in [0.717, 1.165) is 33.8 Å². The molecule has 0 bridgehead atoms. The van der Waals surface area contributed by atoms with E-state index < -0.39 is 10.0 Å². The summed E-state index contributed by atoms with van der Waals surface area (Å²) in [6.07, 6.45) is 1.72. The third kappa shape index (κ3) is 4.32. The number of hydrogen-bond donors (Lipinski definition) is 1. The normalized spacial score (nSPS) is 12.0. The fourth-order valence-electron chi connectivity index (χ4n) is 3.34. The van der Waals surface area contributed by atoms with Crippen LogP contribution in [0.3, 0.4) is 0 Å². The molecule has 6 nitrogen and oxygen atoms in total. The molecule has 1 heterocycles. The van der Waals surface area contributed by atoms with Crippen molar-refractivity contribution in [3.05, 3.63) is 66.2 Å². The summed E-state index contributed by atoms with van der Waals surface area (Å²) in [5, 5.41) is 5.47. The van der Waals surface area contributed by atoms with E-state index in [4.69, 9.17) is 0 Å². The van der Waals surface area contributed by atoms with Crippen LogP contribution >= 0.6 is 11.3 Å². The molecule has 3 aromatic carbocycles. The van der Waals surface area contributed by atoms with Crippen LogP contribution < -0.4 is 5.32 Å². The second kappa shape index (κ2) is 8.74. The Morgan fingerprint density at radius 1 is 1.06 bits per heavy atom. The first kappa shape index (κ1) is 21.4. The molecule has 0 spiro atoms. The monoisotopic (exact) mass is 453 g/mol. The molecule has 0 fully saturated rings. The highest BCUT2D eigenvalue weighted by Gasteiger charge is 2.20. The molecule has 0 atom stereocenters. The van der Waals surface area contributed by atoms with Gasteiger partial charge in [-0.3, -0.25) is 10.1 Å². The summed E-state index contributed by atoms with van der Waals surface area (Å²) in [4.78, 5) is 17.5. The molecule has 0 saturated carbocycles. The molecular formula is C23H23N3O3S2. The maximum atomic E-state index is 12.7. The first-order valence-corrected chi connectivity index (χ1v) is 12.3. The Balaban J connectivity index is 1.53. The summed E-state index contributed by atoms with van der Waals surface area (Å²) in [6, 6.07) is 18.0. The minimum atomic E-state index is -3.56. The number of nitrogens with one attached hydrogen (secondary N) is 1. The topological polar surface area (TPSA) is 79.4 Å². The number of aromatic nitrogens is 1. The van der Waals surface area contributed by atoms with Crippen LogP contribution in [0.1, 0.15) is 30.1 Å². The highest BCUT2D eigenvalue weighted by Crippen LogP contribution is 2.32. The Morgan fingerprint density at radius 3 is 2.55 bits per heavy atom. The fraction of sp³-hybridized carbons (Fsp3) is 0.217. The predicted octanol–water partition coefficient (Wildman–Crippen LogP) is 5.12. The Labute approximate surface area is 185 Å². The van der Waals surface area contributed by atoms with Crippen molar-refractivity contribution in [3.8, 4) is 0 Å². The van der Waals surface area contributed by atoms with Gasteiger partial charge in [-0.25, -0.2) is 17.7 Å². The molecule has 0 saturated heterocycles. The molecule has 0 radical (unpaired) electrons. The van der Waals surface area contributed by atoms with Gasteiger partial charge >= 0.3 is 0 Å². The van der Waals surface area contributed by atoms with Crippen molar-refractivity contribution in [1.82, 2.24) is 9.29 Å². The average Bonchev–Trinajstić information content (AvgIpc) is 3.20. The molecule has 160 valence electrons. The summed E-state index contributed by atoms with van der Waals surface area (Å²) in [5.41, 5.74) is 1.23. The van der Waals surface area contributed by atoms with Gasteiger partial charge in [0.25, 0.3) is 5.91 Å². The molecule has 0 aliphatic rings. The van der Waals surface area contributed by atoms with Gasteiger partial charge in [0.15, 0.2) is 5.13 Å². The smallest absolute Gasteiger partial charge is 0.257 e. The molecule has 1 N–H and O–H groups in total. The second-order valence-corrected chi connectivity index (χ2v) is 10.4. The minimum Gasteiger partial charge on any atom is -0.298 e. The summed E-state index contributed by atoms with van der Waals surface area (Å²) in [7, 11) is -1.99. The number of carbonyl (C=O) groups excluding carboxylic acids is 1. The van der Waals surface area contributed by atoms with Crippen molar-refractivity contribution in [2.75, 3.05) is 18.9 Å². The number of thiazole rings is 1. The lowest BCUT2D eigenvalue weighted by Gasteiger charge is -2.16. The Kier molecular flexibility index (Phi) is 6.04. The summed E-state index contributed by atoms with van der Waals surface area (Å²) in [5.74, 6) is -0.327. The highest BCUT2D eigenvalue weighted by atomic mass is 32.2. The van der Waals surface area contributed by atoms with Gasteiger partial charge in [-0.05, 0) is 42.1 Å². The first-order valence-electron chi connectivity index (χ1n) is 10.1. The third-order valence-electron chi connectivity index (χ3n) is 5.16. The van der Waals surface area contributed by atoms with Gasteiger partial charge < -0.3 is 0 Å². The molecule has 0 aliphatic carbocycles. The van der Waals surface area contributed by atoms with E-state index >= 15 is 0 Å². The molecule has 1 aromatic heterocycles. The van der Waals surface area contributed by atoms with E-state index in [1.54, 1.807) is 7.05 Å².